The molecule has 0 fully saturated rings. The molecular weight excluding hydrogens is 364 g/mol. The summed E-state index contributed by atoms with van der Waals surface area (Å²) in [7, 11) is 0. The van der Waals surface area contributed by atoms with Gasteiger partial charge in [0, 0.05) is 41.4 Å². The van der Waals surface area contributed by atoms with E-state index in [9.17, 15) is 9.59 Å². The Morgan fingerprint density at radius 2 is 1.93 bits per heavy atom. The van der Waals surface area contributed by atoms with Gasteiger partial charge in [0.15, 0.2) is 0 Å². The number of nitrogens with zero attached hydrogens (tertiary/aromatic N) is 2. The third kappa shape index (κ3) is 4.89. The number of hydrogen-bond acceptors (Lipinski definition) is 4. The molecule has 0 radical (unpaired) electrons. The van der Waals surface area contributed by atoms with E-state index in [0.717, 1.165) is 11.1 Å². The van der Waals surface area contributed by atoms with E-state index in [-0.39, 0.29) is 11.6 Å². The number of rotatable bonds is 5. The van der Waals surface area contributed by atoms with Gasteiger partial charge in [0.25, 0.3) is 11.8 Å². The molecule has 0 aliphatic heterocycles. The first-order valence-electron chi connectivity index (χ1n) is 8.23. The van der Waals surface area contributed by atoms with Crippen LogP contribution in [0.5, 0.6) is 0 Å². The summed E-state index contributed by atoms with van der Waals surface area (Å²) in [5.74, 6) is -0.694. The number of amides is 2. The molecule has 0 aliphatic carbocycles. The highest BCUT2D eigenvalue weighted by Gasteiger charge is 2.13. The van der Waals surface area contributed by atoms with Crippen LogP contribution in [0.25, 0.3) is 0 Å². The number of nitrogens with one attached hydrogen (secondary N) is 2. The Kier molecular flexibility index (Phi) is 5.78. The van der Waals surface area contributed by atoms with Crippen molar-refractivity contribution in [1.82, 2.24) is 15.3 Å². The Labute approximate surface area is 161 Å². The standard InChI is InChI=1S/C20H17ClN4O2/c1-13-9-16(21)4-5-17(13)25-20(27)18-10-15(6-8-23-18)19(26)24-12-14-3-2-7-22-11-14/h2-11H,12H2,1H3,(H,24,26)(H,25,27). The summed E-state index contributed by atoms with van der Waals surface area (Å²) in [6.45, 7) is 2.19. The third-order valence-corrected chi connectivity index (χ3v) is 4.10. The van der Waals surface area contributed by atoms with Crippen LogP contribution in [0, 0.1) is 6.92 Å². The SMILES string of the molecule is Cc1cc(Cl)ccc1NC(=O)c1cc(C(=O)NCc2cccnc2)ccn1. The zero-order chi connectivity index (χ0) is 19.2. The van der Waals surface area contributed by atoms with Gasteiger partial charge in [-0.3, -0.25) is 19.6 Å². The van der Waals surface area contributed by atoms with Crippen LogP contribution >= 0.6 is 11.6 Å². The van der Waals surface area contributed by atoms with Crippen molar-refractivity contribution in [2.24, 2.45) is 0 Å². The van der Waals surface area contributed by atoms with Crippen molar-refractivity contribution in [3.8, 4) is 0 Å². The molecule has 0 unspecified atom stereocenters. The molecule has 0 saturated carbocycles. The van der Waals surface area contributed by atoms with Crippen LogP contribution in [0.4, 0.5) is 5.69 Å². The van der Waals surface area contributed by atoms with Gasteiger partial charge in [0.1, 0.15) is 5.69 Å². The van der Waals surface area contributed by atoms with Gasteiger partial charge in [-0.2, -0.15) is 0 Å². The number of benzene rings is 1. The van der Waals surface area contributed by atoms with Gasteiger partial charge >= 0.3 is 0 Å². The summed E-state index contributed by atoms with van der Waals surface area (Å²) >= 11 is 5.93. The van der Waals surface area contributed by atoms with E-state index in [1.54, 1.807) is 42.7 Å². The van der Waals surface area contributed by atoms with Gasteiger partial charge in [-0.25, -0.2) is 0 Å². The van der Waals surface area contributed by atoms with Crippen LogP contribution < -0.4 is 10.6 Å². The molecule has 0 spiro atoms. The van der Waals surface area contributed by atoms with Crippen molar-refractivity contribution < 1.29 is 9.59 Å². The van der Waals surface area contributed by atoms with Gasteiger partial charge in [-0.1, -0.05) is 17.7 Å². The van der Waals surface area contributed by atoms with Crippen molar-refractivity contribution in [2.75, 3.05) is 5.32 Å². The monoisotopic (exact) mass is 380 g/mol. The zero-order valence-electron chi connectivity index (χ0n) is 14.6. The van der Waals surface area contributed by atoms with Crippen LogP contribution in [0.3, 0.4) is 0 Å². The molecular formula is C20H17ClN4O2. The molecule has 0 aliphatic rings. The molecule has 2 N–H and O–H groups in total. The number of hydrogen-bond donors (Lipinski definition) is 2. The van der Waals surface area contributed by atoms with E-state index in [2.05, 4.69) is 20.6 Å². The fraction of sp³-hybridized carbons (Fsp3) is 0.100. The summed E-state index contributed by atoms with van der Waals surface area (Å²) in [5.41, 5.74) is 2.86. The lowest BCUT2D eigenvalue weighted by Crippen LogP contribution is -2.23. The fourth-order valence-electron chi connectivity index (χ4n) is 2.44. The molecule has 2 aromatic heterocycles. The Bertz CT molecular complexity index is 977. The number of aromatic nitrogens is 2. The van der Waals surface area contributed by atoms with Crippen molar-refractivity contribution in [2.45, 2.75) is 13.5 Å². The highest BCUT2D eigenvalue weighted by molar-refractivity contribution is 6.30. The van der Waals surface area contributed by atoms with E-state index in [1.165, 1.54) is 12.3 Å². The summed E-state index contributed by atoms with van der Waals surface area (Å²) in [6.07, 6.45) is 4.78. The average molecular weight is 381 g/mol. The fourth-order valence-corrected chi connectivity index (χ4v) is 2.66. The summed E-state index contributed by atoms with van der Waals surface area (Å²) in [6, 6.07) is 11.9. The largest absolute Gasteiger partial charge is 0.348 e. The number of halogens is 1. The zero-order valence-corrected chi connectivity index (χ0v) is 15.3. The Morgan fingerprint density at radius 1 is 1.07 bits per heavy atom. The molecule has 7 heteroatoms. The maximum atomic E-state index is 12.5. The second-order valence-electron chi connectivity index (χ2n) is 5.89. The van der Waals surface area contributed by atoms with E-state index in [1.807, 2.05) is 13.0 Å². The molecule has 136 valence electrons. The first-order chi connectivity index (χ1) is 13.0. The third-order valence-electron chi connectivity index (χ3n) is 3.87. The van der Waals surface area contributed by atoms with E-state index >= 15 is 0 Å². The second kappa shape index (κ2) is 8.42. The van der Waals surface area contributed by atoms with Crippen molar-refractivity contribution in [3.63, 3.8) is 0 Å². The first-order valence-corrected chi connectivity index (χ1v) is 8.61. The van der Waals surface area contributed by atoms with Crippen LogP contribution in [-0.4, -0.2) is 21.8 Å². The molecule has 3 rings (SSSR count). The summed E-state index contributed by atoms with van der Waals surface area (Å²) in [5, 5.41) is 6.16. The van der Waals surface area contributed by atoms with Crippen LogP contribution in [0.1, 0.15) is 32.0 Å². The molecule has 0 saturated heterocycles. The lowest BCUT2D eigenvalue weighted by Gasteiger charge is -2.09. The van der Waals surface area contributed by atoms with Gasteiger partial charge in [0.2, 0.25) is 0 Å². The number of aryl methyl sites for hydroxylation is 1. The average Bonchev–Trinajstić information content (AvgIpc) is 2.69. The predicted octanol–water partition coefficient (Wildman–Crippen LogP) is 3.62. The van der Waals surface area contributed by atoms with Crippen LogP contribution in [0.15, 0.2) is 61.1 Å². The molecule has 27 heavy (non-hydrogen) atoms. The number of carbonyl (C=O) groups excluding carboxylic acids is 2. The smallest absolute Gasteiger partial charge is 0.274 e. The Hall–Kier alpha value is -3.25. The van der Waals surface area contributed by atoms with Crippen molar-refractivity contribution in [1.29, 1.82) is 0 Å². The van der Waals surface area contributed by atoms with E-state index in [0.29, 0.717) is 22.8 Å². The lowest BCUT2D eigenvalue weighted by atomic mass is 10.1. The van der Waals surface area contributed by atoms with Crippen molar-refractivity contribution >= 4 is 29.1 Å². The van der Waals surface area contributed by atoms with Gasteiger partial charge in [0.05, 0.1) is 0 Å². The van der Waals surface area contributed by atoms with E-state index in [4.69, 9.17) is 11.6 Å². The summed E-state index contributed by atoms with van der Waals surface area (Å²) in [4.78, 5) is 32.9. The Balaban J connectivity index is 1.68. The second-order valence-corrected chi connectivity index (χ2v) is 6.32. The molecule has 2 heterocycles. The molecule has 2 amide bonds. The topological polar surface area (TPSA) is 84.0 Å². The number of carbonyl (C=O) groups is 2. The predicted molar refractivity (Wildman–Crippen MR) is 104 cm³/mol. The highest BCUT2D eigenvalue weighted by Crippen LogP contribution is 2.20. The van der Waals surface area contributed by atoms with Gasteiger partial charge in [-0.05, 0) is 54.4 Å². The molecule has 1 aromatic carbocycles. The minimum absolute atomic E-state index is 0.151. The van der Waals surface area contributed by atoms with Crippen LogP contribution in [0.2, 0.25) is 5.02 Å². The quantitative estimate of drug-likeness (QED) is 0.708. The molecule has 3 aromatic rings. The van der Waals surface area contributed by atoms with Crippen molar-refractivity contribution in [3.05, 3.63) is 88.5 Å². The first kappa shape index (κ1) is 18.5. The number of pyridine rings is 2. The summed E-state index contributed by atoms with van der Waals surface area (Å²) < 4.78 is 0. The van der Waals surface area contributed by atoms with Crippen LogP contribution in [-0.2, 0) is 6.54 Å². The maximum Gasteiger partial charge on any atom is 0.274 e. The minimum atomic E-state index is -0.401. The molecule has 6 nitrogen and oxygen atoms in total. The highest BCUT2D eigenvalue weighted by atomic mass is 35.5. The molecule has 0 atom stereocenters. The maximum absolute atomic E-state index is 12.5. The van der Waals surface area contributed by atoms with Gasteiger partial charge in [-0.15, -0.1) is 0 Å². The molecule has 0 bridgehead atoms. The normalized spacial score (nSPS) is 10.3. The van der Waals surface area contributed by atoms with Gasteiger partial charge < -0.3 is 10.6 Å². The van der Waals surface area contributed by atoms with E-state index < -0.39 is 5.91 Å². The lowest BCUT2D eigenvalue weighted by molar-refractivity contribution is 0.0950. The Morgan fingerprint density at radius 3 is 2.67 bits per heavy atom. The minimum Gasteiger partial charge on any atom is -0.348 e. The number of anilines is 1.